The number of nitrogens with zero attached hydrogens (tertiary/aromatic N) is 1. The topological polar surface area (TPSA) is 95.6 Å². The van der Waals surface area contributed by atoms with Gasteiger partial charge < -0.3 is 10.6 Å². The van der Waals surface area contributed by atoms with E-state index in [1.54, 1.807) is 6.92 Å². The molecule has 1 heterocycles. The molecule has 3 rings (SSSR count). The van der Waals surface area contributed by atoms with E-state index >= 15 is 0 Å². The SMILES string of the molecule is C=CC(=O)NC1CCN(S(=O)(=O)c2ccc(C(=O)NCCc3ccccc3)c(F)c2)C(C)C1. The summed E-state index contributed by atoms with van der Waals surface area (Å²) in [6, 6.07) is 12.4. The first-order valence-electron chi connectivity index (χ1n) is 10.8. The predicted octanol–water partition coefficient (Wildman–Crippen LogP) is 2.64. The summed E-state index contributed by atoms with van der Waals surface area (Å²) in [5, 5.41) is 5.45. The maximum atomic E-state index is 14.7. The van der Waals surface area contributed by atoms with Gasteiger partial charge in [0.2, 0.25) is 15.9 Å². The number of amides is 2. The summed E-state index contributed by atoms with van der Waals surface area (Å²) in [5.74, 6) is -1.79. The van der Waals surface area contributed by atoms with Gasteiger partial charge in [-0.2, -0.15) is 4.31 Å². The van der Waals surface area contributed by atoms with Crippen molar-refractivity contribution in [2.24, 2.45) is 0 Å². The third-order valence-electron chi connectivity index (χ3n) is 5.68. The Labute approximate surface area is 193 Å². The van der Waals surface area contributed by atoms with Crippen molar-refractivity contribution in [1.82, 2.24) is 14.9 Å². The second kappa shape index (κ2) is 10.7. The van der Waals surface area contributed by atoms with Crippen LogP contribution in [-0.4, -0.2) is 49.7 Å². The highest BCUT2D eigenvalue weighted by Gasteiger charge is 2.35. The van der Waals surface area contributed by atoms with Gasteiger partial charge >= 0.3 is 0 Å². The molecule has 176 valence electrons. The molecule has 1 aliphatic rings. The van der Waals surface area contributed by atoms with Crippen molar-refractivity contribution in [1.29, 1.82) is 0 Å². The van der Waals surface area contributed by atoms with Gasteiger partial charge in [-0.1, -0.05) is 36.9 Å². The highest BCUT2D eigenvalue weighted by atomic mass is 32.2. The number of hydrogen-bond donors (Lipinski definition) is 2. The molecule has 0 spiro atoms. The summed E-state index contributed by atoms with van der Waals surface area (Å²) >= 11 is 0. The molecule has 0 aliphatic carbocycles. The Morgan fingerprint density at radius 3 is 2.58 bits per heavy atom. The highest BCUT2D eigenvalue weighted by molar-refractivity contribution is 7.89. The van der Waals surface area contributed by atoms with E-state index in [0.717, 1.165) is 11.6 Å². The standard InChI is InChI=1S/C24H28FN3O4S/c1-3-23(29)27-19-12-14-28(17(2)15-19)33(31,32)20-9-10-21(22(25)16-20)24(30)26-13-11-18-7-5-4-6-8-18/h3-10,16-17,19H,1,11-15H2,2H3,(H,26,30)(H,27,29). The van der Waals surface area contributed by atoms with E-state index in [0.29, 0.717) is 25.8 Å². The second-order valence-electron chi connectivity index (χ2n) is 8.03. The van der Waals surface area contributed by atoms with E-state index in [-0.39, 0.29) is 35.0 Å². The molecule has 2 amide bonds. The fourth-order valence-electron chi connectivity index (χ4n) is 3.94. The Bertz CT molecular complexity index is 1120. The first kappa shape index (κ1) is 24.6. The average molecular weight is 474 g/mol. The summed E-state index contributed by atoms with van der Waals surface area (Å²) < 4.78 is 42.2. The van der Waals surface area contributed by atoms with Gasteiger partial charge in [-0.25, -0.2) is 12.8 Å². The monoisotopic (exact) mass is 473 g/mol. The van der Waals surface area contributed by atoms with E-state index < -0.39 is 21.7 Å². The van der Waals surface area contributed by atoms with Crippen LogP contribution in [0.25, 0.3) is 0 Å². The molecule has 2 aromatic rings. The lowest BCUT2D eigenvalue weighted by atomic mass is 10.0. The largest absolute Gasteiger partial charge is 0.352 e. The molecule has 1 aliphatic heterocycles. The Balaban J connectivity index is 1.65. The van der Waals surface area contributed by atoms with Gasteiger partial charge in [0.05, 0.1) is 10.5 Å². The maximum Gasteiger partial charge on any atom is 0.254 e. The molecule has 33 heavy (non-hydrogen) atoms. The number of nitrogens with one attached hydrogen (secondary N) is 2. The first-order valence-corrected chi connectivity index (χ1v) is 12.2. The van der Waals surface area contributed by atoms with E-state index in [9.17, 15) is 22.4 Å². The molecule has 2 atom stereocenters. The molecule has 9 heteroatoms. The molecule has 2 aromatic carbocycles. The molecule has 0 aromatic heterocycles. The minimum atomic E-state index is -3.96. The van der Waals surface area contributed by atoms with Gasteiger partial charge in [0.15, 0.2) is 0 Å². The zero-order valence-corrected chi connectivity index (χ0v) is 19.3. The fourth-order valence-corrected chi connectivity index (χ4v) is 5.60. The van der Waals surface area contributed by atoms with Crippen LogP contribution in [0, 0.1) is 5.82 Å². The van der Waals surface area contributed by atoms with Crippen LogP contribution in [0.4, 0.5) is 4.39 Å². The molecule has 0 saturated carbocycles. The van der Waals surface area contributed by atoms with Gasteiger partial charge in [0.1, 0.15) is 5.82 Å². The lowest BCUT2D eigenvalue weighted by Gasteiger charge is -2.36. The van der Waals surface area contributed by atoms with Crippen molar-refractivity contribution in [3.8, 4) is 0 Å². The van der Waals surface area contributed by atoms with Crippen LogP contribution >= 0.6 is 0 Å². The van der Waals surface area contributed by atoms with Crippen LogP contribution in [-0.2, 0) is 21.2 Å². The normalized spacial score (nSPS) is 19.0. The van der Waals surface area contributed by atoms with Gasteiger partial charge in [0.25, 0.3) is 5.91 Å². The van der Waals surface area contributed by atoms with Crippen LogP contribution in [0.5, 0.6) is 0 Å². The Hall–Kier alpha value is -3.04. The van der Waals surface area contributed by atoms with Gasteiger partial charge in [0, 0.05) is 25.2 Å². The van der Waals surface area contributed by atoms with Gasteiger partial charge in [-0.05, 0) is 56.0 Å². The number of rotatable bonds is 8. The Morgan fingerprint density at radius 1 is 1.21 bits per heavy atom. The highest BCUT2D eigenvalue weighted by Crippen LogP contribution is 2.26. The Morgan fingerprint density at radius 2 is 1.94 bits per heavy atom. The minimum Gasteiger partial charge on any atom is -0.352 e. The van der Waals surface area contributed by atoms with Crippen molar-refractivity contribution in [2.75, 3.05) is 13.1 Å². The molecule has 0 bridgehead atoms. The van der Waals surface area contributed by atoms with E-state index in [2.05, 4.69) is 17.2 Å². The molecular weight excluding hydrogens is 445 g/mol. The van der Waals surface area contributed by atoms with Crippen LogP contribution in [0.2, 0.25) is 0 Å². The van der Waals surface area contributed by atoms with E-state index in [1.807, 2.05) is 30.3 Å². The number of carbonyl (C=O) groups is 2. The van der Waals surface area contributed by atoms with Crippen LogP contribution in [0.15, 0.2) is 66.1 Å². The first-order chi connectivity index (χ1) is 15.7. The Kier molecular flexibility index (Phi) is 7.99. The van der Waals surface area contributed by atoms with Crippen LogP contribution in [0.3, 0.4) is 0 Å². The summed E-state index contributed by atoms with van der Waals surface area (Å²) in [5.41, 5.74) is 0.836. The molecule has 0 radical (unpaired) electrons. The molecular formula is C24H28FN3O4S. The quantitative estimate of drug-likeness (QED) is 0.576. The number of benzene rings is 2. The van der Waals surface area contributed by atoms with Crippen molar-refractivity contribution < 1.29 is 22.4 Å². The number of carbonyl (C=O) groups excluding carboxylic acids is 2. The van der Waals surface area contributed by atoms with Crippen molar-refractivity contribution in [2.45, 2.75) is 43.2 Å². The molecule has 1 saturated heterocycles. The average Bonchev–Trinajstić information content (AvgIpc) is 2.79. The fraction of sp³-hybridized carbons (Fsp3) is 0.333. The van der Waals surface area contributed by atoms with Gasteiger partial charge in [-0.3, -0.25) is 9.59 Å². The summed E-state index contributed by atoms with van der Waals surface area (Å²) in [6.45, 7) is 5.68. The zero-order valence-electron chi connectivity index (χ0n) is 18.5. The van der Waals surface area contributed by atoms with Crippen molar-refractivity contribution >= 4 is 21.8 Å². The zero-order chi connectivity index (χ0) is 24.0. The number of piperidine rings is 1. The predicted molar refractivity (Wildman–Crippen MR) is 124 cm³/mol. The molecule has 2 unspecified atom stereocenters. The smallest absolute Gasteiger partial charge is 0.254 e. The number of hydrogen-bond acceptors (Lipinski definition) is 4. The third kappa shape index (κ3) is 6.06. The number of sulfonamides is 1. The number of halogens is 1. The van der Waals surface area contributed by atoms with Gasteiger partial charge in [-0.15, -0.1) is 0 Å². The van der Waals surface area contributed by atoms with Crippen LogP contribution < -0.4 is 10.6 Å². The third-order valence-corrected chi connectivity index (χ3v) is 7.69. The summed E-state index contributed by atoms with van der Waals surface area (Å²) in [7, 11) is -3.96. The lowest BCUT2D eigenvalue weighted by Crippen LogP contribution is -2.50. The van der Waals surface area contributed by atoms with Crippen LogP contribution in [0.1, 0.15) is 35.7 Å². The molecule has 1 fully saturated rings. The van der Waals surface area contributed by atoms with Crippen molar-refractivity contribution in [3.05, 3.63) is 78.1 Å². The van der Waals surface area contributed by atoms with E-state index in [4.69, 9.17) is 0 Å². The lowest BCUT2D eigenvalue weighted by molar-refractivity contribution is -0.117. The van der Waals surface area contributed by atoms with E-state index in [1.165, 1.54) is 22.5 Å². The second-order valence-corrected chi connectivity index (χ2v) is 9.92. The summed E-state index contributed by atoms with van der Waals surface area (Å²) in [4.78, 5) is 23.7. The molecule has 7 nitrogen and oxygen atoms in total. The molecule has 2 N–H and O–H groups in total. The maximum absolute atomic E-state index is 14.7. The van der Waals surface area contributed by atoms with Crippen molar-refractivity contribution in [3.63, 3.8) is 0 Å². The minimum absolute atomic E-state index is 0.157. The summed E-state index contributed by atoms with van der Waals surface area (Å²) in [6.07, 6.45) is 2.65.